The van der Waals surface area contributed by atoms with Crippen molar-refractivity contribution >= 4 is 17.1 Å². The second-order valence-electron chi connectivity index (χ2n) is 3.50. The van der Waals surface area contributed by atoms with Gasteiger partial charge in [0.15, 0.2) is 5.78 Å². The summed E-state index contributed by atoms with van der Waals surface area (Å²) in [6, 6.07) is 0. The largest absolute Gasteiger partial charge is 0.294 e. The Balaban J connectivity index is 2.35. The fourth-order valence-electron chi connectivity index (χ4n) is 1.87. The van der Waals surface area contributed by atoms with Gasteiger partial charge in [0.2, 0.25) is 6.54 Å². The highest BCUT2D eigenvalue weighted by Crippen LogP contribution is 2.39. The molecule has 5 heteroatoms. The van der Waals surface area contributed by atoms with Crippen LogP contribution in [0.15, 0.2) is 5.38 Å². The van der Waals surface area contributed by atoms with Crippen LogP contribution in [0.25, 0.3) is 0 Å². The minimum atomic E-state index is -0.345. The van der Waals surface area contributed by atoms with Crippen molar-refractivity contribution in [2.45, 2.75) is 19.3 Å². The fraction of sp³-hybridized carbons (Fsp3) is 0.444. The molecule has 14 heavy (non-hydrogen) atoms. The Morgan fingerprint density at radius 2 is 2.43 bits per heavy atom. The lowest BCUT2D eigenvalue weighted by molar-refractivity contribution is -0.483. The lowest BCUT2D eigenvalue weighted by Gasteiger charge is -2.00. The van der Waals surface area contributed by atoms with Crippen molar-refractivity contribution in [2.75, 3.05) is 6.54 Å². The second kappa shape index (κ2) is 3.16. The van der Waals surface area contributed by atoms with E-state index < -0.39 is 0 Å². The molecule has 2 rings (SSSR count). The minimum absolute atomic E-state index is 0.0607. The highest BCUT2D eigenvalue weighted by atomic mass is 32.1. The van der Waals surface area contributed by atoms with E-state index in [9.17, 15) is 14.9 Å². The fourth-order valence-corrected chi connectivity index (χ4v) is 3.03. The Morgan fingerprint density at radius 3 is 3.07 bits per heavy atom. The third kappa shape index (κ3) is 1.33. The van der Waals surface area contributed by atoms with E-state index in [1.807, 2.05) is 12.3 Å². The van der Waals surface area contributed by atoms with Gasteiger partial charge in [-0.25, -0.2) is 0 Å². The van der Waals surface area contributed by atoms with Crippen LogP contribution >= 0.6 is 11.3 Å². The van der Waals surface area contributed by atoms with Crippen LogP contribution in [-0.4, -0.2) is 17.3 Å². The molecule has 1 unspecified atom stereocenters. The molecule has 1 aliphatic rings. The first-order valence-electron chi connectivity index (χ1n) is 4.32. The van der Waals surface area contributed by atoms with Gasteiger partial charge < -0.3 is 0 Å². The van der Waals surface area contributed by atoms with E-state index in [0.717, 1.165) is 16.0 Å². The third-order valence-electron chi connectivity index (χ3n) is 2.45. The molecule has 4 nitrogen and oxygen atoms in total. The van der Waals surface area contributed by atoms with Gasteiger partial charge in [-0.3, -0.25) is 14.9 Å². The van der Waals surface area contributed by atoms with Crippen LogP contribution in [0.4, 0.5) is 0 Å². The van der Waals surface area contributed by atoms with Crippen molar-refractivity contribution < 1.29 is 9.72 Å². The number of hydrogen-bond acceptors (Lipinski definition) is 4. The van der Waals surface area contributed by atoms with E-state index >= 15 is 0 Å². The summed E-state index contributed by atoms with van der Waals surface area (Å²) >= 11 is 1.47. The molecule has 0 radical (unpaired) electrons. The summed E-state index contributed by atoms with van der Waals surface area (Å²) in [7, 11) is 0. The van der Waals surface area contributed by atoms with E-state index in [4.69, 9.17) is 0 Å². The van der Waals surface area contributed by atoms with Gasteiger partial charge in [-0.2, -0.15) is 0 Å². The van der Waals surface area contributed by atoms with Crippen molar-refractivity contribution in [2.24, 2.45) is 0 Å². The number of Topliss-reactive ketones (excluding diaryl/α,β-unsaturated/α-hetero) is 1. The zero-order valence-corrected chi connectivity index (χ0v) is 8.47. The van der Waals surface area contributed by atoms with Crippen molar-refractivity contribution in [3.05, 3.63) is 31.5 Å². The number of rotatable bonds is 2. The smallest absolute Gasteiger partial charge is 0.211 e. The molecule has 0 spiro atoms. The predicted octanol–water partition coefficient (Wildman–Crippen LogP) is 2.00. The standard InChI is InChI=1S/C9H9NO3S/c1-5-4-14-9-6(3-10(12)13)2-7(11)8(5)9/h4,6H,2-3H2,1H3. The summed E-state index contributed by atoms with van der Waals surface area (Å²) in [6.07, 6.45) is 0.309. The van der Waals surface area contributed by atoms with E-state index in [1.165, 1.54) is 11.3 Å². The number of ketones is 1. The Bertz CT molecular complexity index is 410. The van der Waals surface area contributed by atoms with Gasteiger partial charge in [0.1, 0.15) is 0 Å². The molecule has 0 N–H and O–H groups in total. The average molecular weight is 211 g/mol. The molecule has 0 saturated carbocycles. The lowest BCUT2D eigenvalue weighted by atomic mass is 10.1. The Morgan fingerprint density at radius 1 is 1.71 bits per heavy atom. The molecule has 0 saturated heterocycles. The van der Waals surface area contributed by atoms with Gasteiger partial charge in [0.05, 0.1) is 5.92 Å². The number of nitrogens with zero attached hydrogens (tertiary/aromatic N) is 1. The van der Waals surface area contributed by atoms with Crippen LogP contribution in [0.3, 0.4) is 0 Å². The van der Waals surface area contributed by atoms with Crippen LogP contribution in [0, 0.1) is 17.0 Å². The maximum Gasteiger partial charge on any atom is 0.211 e. The molecule has 1 aromatic heterocycles. The van der Waals surface area contributed by atoms with Crippen LogP contribution in [0.1, 0.15) is 33.1 Å². The number of nitro groups is 1. The van der Waals surface area contributed by atoms with E-state index in [2.05, 4.69) is 0 Å². The SMILES string of the molecule is Cc1csc2c1C(=O)CC2C[N+](=O)[O-]. The van der Waals surface area contributed by atoms with Crippen molar-refractivity contribution in [3.63, 3.8) is 0 Å². The summed E-state index contributed by atoms with van der Waals surface area (Å²) in [5.74, 6) is -0.128. The summed E-state index contributed by atoms with van der Waals surface area (Å²) in [4.78, 5) is 22.5. The third-order valence-corrected chi connectivity index (χ3v) is 3.72. The molecule has 0 fully saturated rings. The Labute approximate surface area is 84.7 Å². The molecule has 74 valence electrons. The molecule has 0 bridgehead atoms. The molecule has 1 heterocycles. The summed E-state index contributed by atoms with van der Waals surface area (Å²) in [5.41, 5.74) is 1.70. The number of thiophene rings is 1. The van der Waals surface area contributed by atoms with E-state index in [-0.39, 0.29) is 23.2 Å². The number of fused-ring (bicyclic) bond motifs is 1. The van der Waals surface area contributed by atoms with Gasteiger partial charge in [0.25, 0.3) is 0 Å². The van der Waals surface area contributed by atoms with Gasteiger partial charge in [0, 0.05) is 21.8 Å². The highest BCUT2D eigenvalue weighted by molar-refractivity contribution is 7.10. The van der Waals surface area contributed by atoms with Gasteiger partial charge >= 0.3 is 0 Å². The molecule has 0 aromatic carbocycles. The quantitative estimate of drug-likeness (QED) is 0.555. The highest BCUT2D eigenvalue weighted by Gasteiger charge is 2.35. The van der Waals surface area contributed by atoms with Crippen molar-refractivity contribution in [1.82, 2.24) is 0 Å². The number of carbonyl (C=O) groups excluding carboxylic acids is 1. The zero-order valence-electron chi connectivity index (χ0n) is 7.65. The van der Waals surface area contributed by atoms with Gasteiger partial charge in [-0.05, 0) is 17.9 Å². The first kappa shape index (κ1) is 9.33. The molecular weight excluding hydrogens is 202 g/mol. The van der Waals surface area contributed by atoms with Gasteiger partial charge in [-0.1, -0.05) is 0 Å². The van der Waals surface area contributed by atoms with Crippen molar-refractivity contribution in [1.29, 1.82) is 0 Å². The van der Waals surface area contributed by atoms with Crippen LogP contribution in [0.2, 0.25) is 0 Å². The molecule has 1 aliphatic carbocycles. The summed E-state index contributed by atoms with van der Waals surface area (Å²) in [6.45, 7) is 1.75. The van der Waals surface area contributed by atoms with E-state index in [0.29, 0.717) is 6.42 Å². The first-order chi connectivity index (χ1) is 6.59. The summed E-state index contributed by atoms with van der Waals surface area (Å²) < 4.78 is 0. The van der Waals surface area contributed by atoms with Crippen molar-refractivity contribution in [3.8, 4) is 0 Å². The molecular formula is C9H9NO3S. The second-order valence-corrected chi connectivity index (χ2v) is 4.41. The lowest BCUT2D eigenvalue weighted by Crippen LogP contribution is -2.09. The molecule has 0 aliphatic heterocycles. The van der Waals surface area contributed by atoms with Crippen LogP contribution in [0.5, 0.6) is 0 Å². The molecule has 0 amide bonds. The number of aryl methyl sites for hydroxylation is 1. The monoisotopic (exact) mass is 211 g/mol. The maximum absolute atomic E-state index is 11.5. The van der Waals surface area contributed by atoms with Crippen LogP contribution in [-0.2, 0) is 0 Å². The number of carbonyl (C=O) groups is 1. The topological polar surface area (TPSA) is 60.2 Å². The number of hydrogen-bond donors (Lipinski definition) is 0. The minimum Gasteiger partial charge on any atom is -0.294 e. The van der Waals surface area contributed by atoms with E-state index in [1.54, 1.807) is 0 Å². The molecule has 1 atom stereocenters. The normalized spacial score (nSPS) is 19.8. The predicted molar refractivity (Wildman–Crippen MR) is 52.6 cm³/mol. The molecule has 1 aromatic rings. The average Bonchev–Trinajstić information content (AvgIpc) is 2.56. The van der Waals surface area contributed by atoms with Gasteiger partial charge in [-0.15, -0.1) is 11.3 Å². The maximum atomic E-state index is 11.5. The first-order valence-corrected chi connectivity index (χ1v) is 5.20. The Kier molecular flexibility index (Phi) is 2.11. The summed E-state index contributed by atoms with van der Waals surface area (Å²) in [5, 5.41) is 12.3. The van der Waals surface area contributed by atoms with Crippen LogP contribution < -0.4 is 0 Å². The Hall–Kier alpha value is -1.23. The zero-order chi connectivity index (χ0) is 10.3.